The lowest BCUT2D eigenvalue weighted by molar-refractivity contribution is -0.121. The summed E-state index contributed by atoms with van der Waals surface area (Å²) in [5, 5.41) is 0.0689. The monoisotopic (exact) mass is 272 g/mol. The fourth-order valence-corrected chi connectivity index (χ4v) is 3.65. The van der Waals surface area contributed by atoms with Gasteiger partial charge in [-0.1, -0.05) is 27.7 Å². The first-order valence-electron chi connectivity index (χ1n) is 6.98. The lowest BCUT2D eigenvalue weighted by atomic mass is 9.89. The second-order valence-electron chi connectivity index (χ2n) is 5.35. The van der Waals surface area contributed by atoms with Crippen molar-refractivity contribution in [2.24, 2.45) is 5.92 Å². The Bertz CT molecular complexity index is 262. The molecule has 0 aliphatic rings. The number of rotatable bonds is 9. The summed E-state index contributed by atoms with van der Waals surface area (Å²) in [6.07, 6.45) is 3.63. The molecule has 3 unspecified atom stereocenters. The van der Waals surface area contributed by atoms with E-state index in [1.165, 1.54) is 0 Å². The summed E-state index contributed by atoms with van der Waals surface area (Å²) in [6.45, 7) is 11.8. The maximum absolute atomic E-state index is 11.6. The minimum atomic E-state index is 0.0265. The molecule has 0 radical (unpaired) electrons. The summed E-state index contributed by atoms with van der Waals surface area (Å²) in [5.74, 6) is 0.651. The van der Waals surface area contributed by atoms with E-state index in [4.69, 9.17) is 0 Å². The van der Waals surface area contributed by atoms with Crippen molar-refractivity contribution in [1.29, 1.82) is 0 Å². The van der Waals surface area contributed by atoms with Crippen LogP contribution < -0.4 is 0 Å². The zero-order valence-corrected chi connectivity index (χ0v) is 13.5. The van der Waals surface area contributed by atoms with Gasteiger partial charge in [-0.05, 0) is 39.5 Å². The number of ketones is 2. The number of thioether (sulfide) groups is 1. The van der Waals surface area contributed by atoms with Crippen LogP contribution in [0.3, 0.4) is 0 Å². The van der Waals surface area contributed by atoms with Gasteiger partial charge in [0.05, 0.1) is 5.25 Å². The summed E-state index contributed by atoms with van der Waals surface area (Å²) in [7, 11) is 0. The first-order chi connectivity index (χ1) is 8.29. The van der Waals surface area contributed by atoms with E-state index in [0.29, 0.717) is 0 Å². The number of hydrogen-bond donors (Lipinski definition) is 0. The third kappa shape index (κ3) is 5.55. The SMILES string of the molecule is CCC(CC(C)(CC)SC(CC)C(C)=O)C(C)=O. The van der Waals surface area contributed by atoms with E-state index in [1.807, 2.05) is 0 Å². The maximum Gasteiger partial charge on any atom is 0.142 e. The number of carbonyl (C=O) groups is 2. The van der Waals surface area contributed by atoms with E-state index in [9.17, 15) is 9.59 Å². The maximum atomic E-state index is 11.6. The highest BCUT2D eigenvalue weighted by atomic mass is 32.2. The first-order valence-corrected chi connectivity index (χ1v) is 7.86. The highest BCUT2D eigenvalue weighted by Gasteiger charge is 2.32. The Labute approximate surface area is 116 Å². The smallest absolute Gasteiger partial charge is 0.142 e. The largest absolute Gasteiger partial charge is 0.300 e. The van der Waals surface area contributed by atoms with Crippen LogP contribution in [-0.2, 0) is 9.59 Å². The fourth-order valence-electron chi connectivity index (χ4n) is 2.17. The topological polar surface area (TPSA) is 34.1 Å². The molecule has 0 fully saturated rings. The molecule has 2 nitrogen and oxygen atoms in total. The van der Waals surface area contributed by atoms with E-state index < -0.39 is 0 Å². The molecule has 0 aliphatic carbocycles. The molecule has 0 aliphatic heterocycles. The molecular weight excluding hydrogens is 244 g/mol. The van der Waals surface area contributed by atoms with Crippen LogP contribution in [0.4, 0.5) is 0 Å². The van der Waals surface area contributed by atoms with Gasteiger partial charge in [-0.15, -0.1) is 11.8 Å². The average molecular weight is 272 g/mol. The summed E-state index contributed by atoms with van der Waals surface area (Å²) in [4.78, 5) is 23.2. The Hall–Kier alpha value is -0.310. The fraction of sp³-hybridized carbons (Fsp3) is 0.867. The Morgan fingerprint density at radius 3 is 1.89 bits per heavy atom. The Kier molecular flexibility index (Phi) is 7.84. The molecule has 0 N–H and O–H groups in total. The van der Waals surface area contributed by atoms with Gasteiger partial charge in [0, 0.05) is 10.7 Å². The van der Waals surface area contributed by atoms with Gasteiger partial charge < -0.3 is 0 Å². The molecule has 0 spiro atoms. The van der Waals surface area contributed by atoms with Crippen molar-refractivity contribution in [2.75, 3.05) is 0 Å². The van der Waals surface area contributed by atoms with Gasteiger partial charge in [-0.3, -0.25) is 9.59 Å². The van der Waals surface area contributed by atoms with Crippen LogP contribution in [0.15, 0.2) is 0 Å². The summed E-state index contributed by atoms with van der Waals surface area (Å²) >= 11 is 1.76. The Balaban J connectivity index is 4.78. The minimum absolute atomic E-state index is 0.0265. The average Bonchev–Trinajstić information content (AvgIpc) is 2.32. The van der Waals surface area contributed by atoms with Crippen molar-refractivity contribution in [3.63, 3.8) is 0 Å². The molecule has 3 atom stereocenters. The van der Waals surface area contributed by atoms with Gasteiger partial charge in [-0.25, -0.2) is 0 Å². The minimum Gasteiger partial charge on any atom is -0.300 e. The molecule has 0 rings (SSSR count). The molecule has 0 saturated heterocycles. The highest BCUT2D eigenvalue weighted by molar-refractivity contribution is 8.01. The van der Waals surface area contributed by atoms with Gasteiger partial charge in [0.25, 0.3) is 0 Å². The molecule has 0 aromatic rings. The van der Waals surface area contributed by atoms with Crippen LogP contribution in [0, 0.1) is 5.92 Å². The lowest BCUT2D eigenvalue weighted by Gasteiger charge is -2.33. The van der Waals surface area contributed by atoms with Crippen LogP contribution >= 0.6 is 11.8 Å². The standard InChI is InChI=1S/C15H28O2S/c1-7-13(11(4)16)10-15(6,9-3)18-14(8-2)12(5)17/h13-14H,7-10H2,1-6H3. The zero-order chi connectivity index (χ0) is 14.3. The molecule has 106 valence electrons. The first kappa shape index (κ1) is 17.7. The van der Waals surface area contributed by atoms with Crippen LogP contribution in [0.2, 0.25) is 0 Å². The van der Waals surface area contributed by atoms with E-state index in [2.05, 4.69) is 27.7 Å². The normalized spacial score (nSPS) is 17.9. The van der Waals surface area contributed by atoms with Crippen LogP contribution in [-0.4, -0.2) is 21.6 Å². The molecule has 0 aromatic carbocycles. The van der Waals surface area contributed by atoms with Crippen molar-refractivity contribution >= 4 is 23.3 Å². The second kappa shape index (κ2) is 7.98. The molecule has 0 bridgehead atoms. The van der Waals surface area contributed by atoms with Crippen LogP contribution in [0.25, 0.3) is 0 Å². The second-order valence-corrected chi connectivity index (χ2v) is 7.14. The quantitative estimate of drug-likeness (QED) is 0.629. The van der Waals surface area contributed by atoms with Crippen molar-refractivity contribution in [3.8, 4) is 0 Å². The Morgan fingerprint density at radius 1 is 1.06 bits per heavy atom. The van der Waals surface area contributed by atoms with Gasteiger partial charge in [0.2, 0.25) is 0 Å². The van der Waals surface area contributed by atoms with Crippen molar-refractivity contribution in [2.45, 2.75) is 77.2 Å². The van der Waals surface area contributed by atoms with Gasteiger partial charge in [0.1, 0.15) is 11.6 Å². The van der Waals surface area contributed by atoms with Gasteiger partial charge >= 0.3 is 0 Å². The van der Waals surface area contributed by atoms with E-state index in [-0.39, 0.29) is 27.5 Å². The van der Waals surface area contributed by atoms with Crippen molar-refractivity contribution in [3.05, 3.63) is 0 Å². The van der Waals surface area contributed by atoms with E-state index in [1.54, 1.807) is 25.6 Å². The number of carbonyl (C=O) groups excluding carboxylic acids is 2. The molecule has 18 heavy (non-hydrogen) atoms. The summed E-state index contributed by atoms with van der Waals surface area (Å²) in [5.41, 5.74) is 0. The highest BCUT2D eigenvalue weighted by Crippen LogP contribution is 2.39. The zero-order valence-electron chi connectivity index (χ0n) is 12.7. The van der Waals surface area contributed by atoms with Crippen molar-refractivity contribution < 1.29 is 9.59 Å². The molecule has 0 heterocycles. The number of Topliss-reactive ketones (excluding diaryl/α,β-unsaturated/α-hetero) is 2. The molecule has 0 aromatic heterocycles. The molecule has 0 saturated carbocycles. The summed E-state index contributed by atoms with van der Waals surface area (Å²) in [6, 6.07) is 0. The summed E-state index contributed by atoms with van der Waals surface area (Å²) < 4.78 is 0.0265. The third-order valence-electron chi connectivity index (χ3n) is 3.74. The third-order valence-corrected chi connectivity index (χ3v) is 5.72. The molecule has 0 amide bonds. The van der Waals surface area contributed by atoms with E-state index in [0.717, 1.165) is 25.7 Å². The lowest BCUT2D eigenvalue weighted by Crippen LogP contribution is -2.30. The van der Waals surface area contributed by atoms with Crippen molar-refractivity contribution in [1.82, 2.24) is 0 Å². The van der Waals surface area contributed by atoms with Gasteiger partial charge in [0.15, 0.2) is 0 Å². The molecule has 3 heteroatoms. The number of hydrogen-bond acceptors (Lipinski definition) is 3. The van der Waals surface area contributed by atoms with Crippen LogP contribution in [0.1, 0.15) is 67.2 Å². The Morgan fingerprint density at radius 2 is 1.61 bits per heavy atom. The predicted molar refractivity (Wildman–Crippen MR) is 80.1 cm³/mol. The van der Waals surface area contributed by atoms with Crippen LogP contribution in [0.5, 0.6) is 0 Å². The van der Waals surface area contributed by atoms with E-state index >= 15 is 0 Å². The predicted octanol–water partition coefficient (Wildman–Crippen LogP) is 4.26. The van der Waals surface area contributed by atoms with Gasteiger partial charge in [-0.2, -0.15) is 0 Å². The molecular formula is C15H28O2S.